The van der Waals surface area contributed by atoms with Crippen LogP contribution in [0.15, 0.2) is 58.9 Å². The molecule has 2 aromatic rings. The highest BCUT2D eigenvalue weighted by atomic mass is 16.5. The maximum Gasteiger partial charge on any atom is 0.337 e. The molecule has 2 aromatic carbocycles. The first kappa shape index (κ1) is 26.1. The molecule has 0 saturated heterocycles. The molecule has 1 aliphatic carbocycles. The normalized spacial score (nSPS) is 19.4. The molecule has 8 heteroatoms. The number of dihydropyridines is 1. The van der Waals surface area contributed by atoms with Crippen molar-refractivity contribution >= 4 is 11.8 Å². The van der Waals surface area contributed by atoms with Crippen LogP contribution in [-0.2, 0) is 14.3 Å². The minimum atomic E-state index is -0.682. The Morgan fingerprint density at radius 3 is 2.22 bits per heavy atom. The van der Waals surface area contributed by atoms with Crippen molar-refractivity contribution in [1.82, 2.24) is 5.32 Å². The predicted octanol–water partition coefficient (Wildman–Crippen LogP) is 4.73. The van der Waals surface area contributed by atoms with Crippen molar-refractivity contribution in [1.29, 1.82) is 0 Å². The van der Waals surface area contributed by atoms with E-state index < -0.39 is 11.9 Å². The van der Waals surface area contributed by atoms with Crippen molar-refractivity contribution in [3.8, 4) is 23.0 Å². The molecule has 0 bridgehead atoms. The zero-order valence-corrected chi connectivity index (χ0v) is 22.0. The summed E-state index contributed by atoms with van der Waals surface area (Å²) in [4.78, 5) is 27.0. The van der Waals surface area contributed by atoms with Gasteiger partial charge >= 0.3 is 5.97 Å². The van der Waals surface area contributed by atoms with E-state index in [1.165, 1.54) is 7.11 Å². The van der Waals surface area contributed by atoms with Gasteiger partial charge in [0, 0.05) is 29.3 Å². The Hall–Kier alpha value is -3.94. The number of carbonyl (C=O) groups excluding carboxylic acids is 2. The molecule has 4 rings (SSSR count). The zero-order valence-electron chi connectivity index (χ0n) is 22.0. The minimum absolute atomic E-state index is 0.0682. The Morgan fingerprint density at radius 2 is 1.59 bits per heavy atom. The number of phenols is 1. The highest BCUT2D eigenvalue weighted by Crippen LogP contribution is 2.47. The molecular weight excluding hydrogens is 474 g/mol. The molecule has 37 heavy (non-hydrogen) atoms. The second-order valence-electron chi connectivity index (χ2n) is 9.52. The van der Waals surface area contributed by atoms with Gasteiger partial charge < -0.3 is 29.4 Å². The van der Waals surface area contributed by atoms with Gasteiger partial charge in [-0.05, 0) is 68.5 Å². The summed E-state index contributed by atoms with van der Waals surface area (Å²) in [7, 11) is 4.63. The van der Waals surface area contributed by atoms with Gasteiger partial charge in [-0.25, -0.2) is 4.79 Å². The second kappa shape index (κ2) is 10.6. The van der Waals surface area contributed by atoms with Gasteiger partial charge in [0.2, 0.25) is 0 Å². The van der Waals surface area contributed by atoms with Crippen LogP contribution in [0.4, 0.5) is 0 Å². The van der Waals surface area contributed by atoms with Crippen molar-refractivity contribution < 1.29 is 33.6 Å². The standard InChI is InChI=1S/C29H33NO7/c1-15(2)37-29(33)26-16(3)30-20-11-19(17-7-10-24(35-5)25(14-17)36-6)13-22(32)28(20)27(26)18-8-9-23(34-4)21(31)12-18/h7-10,12,14-15,19,27,30-31H,11,13H2,1-6H3/t19-,27+/m1/s1. The summed E-state index contributed by atoms with van der Waals surface area (Å²) in [5, 5.41) is 13.8. The number of ether oxygens (including phenoxy) is 4. The third kappa shape index (κ3) is 5.01. The number of benzene rings is 2. The molecule has 8 nitrogen and oxygen atoms in total. The van der Waals surface area contributed by atoms with E-state index >= 15 is 0 Å². The fraction of sp³-hybridized carbons (Fsp3) is 0.379. The number of ketones is 1. The maximum atomic E-state index is 13.8. The van der Waals surface area contributed by atoms with Crippen LogP contribution >= 0.6 is 0 Å². The van der Waals surface area contributed by atoms with Crippen LogP contribution in [0.3, 0.4) is 0 Å². The molecule has 0 unspecified atom stereocenters. The van der Waals surface area contributed by atoms with E-state index in [2.05, 4.69) is 5.32 Å². The molecule has 0 saturated carbocycles. The fourth-order valence-corrected chi connectivity index (χ4v) is 5.15. The van der Waals surface area contributed by atoms with Crippen molar-refractivity contribution in [2.24, 2.45) is 0 Å². The first-order chi connectivity index (χ1) is 17.7. The van der Waals surface area contributed by atoms with Crippen LogP contribution in [0.25, 0.3) is 0 Å². The first-order valence-electron chi connectivity index (χ1n) is 12.2. The van der Waals surface area contributed by atoms with Crippen molar-refractivity contribution in [3.05, 3.63) is 70.1 Å². The van der Waals surface area contributed by atoms with Crippen LogP contribution in [0.5, 0.6) is 23.0 Å². The van der Waals surface area contributed by atoms with Gasteiger partial charge in [-0.3, -0.25) is 4.79 Å². The van der Waals surface area contributed by atoms with E-state index in [9.17, 15) is 14.7 Å². The van der Waals surface area contributed by atoms with Crippen LogP contribution in [-0.4, -0.2) is 44.3 Å². The number of hydrogen-bond donors (Lipinski definition) is 2. The molecular formula is C29H33NO7. The third-order valence-corrected chi connectivity index (χ3v) is 6.81. The third-order valence-electron chi connectivity index (χ3n) is 6.81. The van der Waals surface area contributed by atoms with Crippen LogP contribution in [0.1, 0.15) is 56.6 Å². The summed E-state index contributed by atoms with van der Waals surface area (Å²) in [5.74, 6) is 0.126. The van der Waals surface area contributed by atoms with Gasteiger partial charge in [-0.15, -0.1) is 0 Å². The highest BCUT2D eigenvalue weighted by molar-refractivity contribution is 6.04. The monoisotopic (exact) mass is 507 g/mol. The van der Waals surface area contributed by atoms with Crippen LogP contribution in [0.2, 0.25) is 0 Å². The highest BCUT2D eigenvalue weighted by Gasteiger charge is 2.42. The summed E-state index contributed by atoms with van der Waals surface area (Å²) in [6, 6.07) is 10.6. The van der Waals surface area contributed by atoms with Gasteiger partial charge in [0.05, 0.1) is 33.0 Å². The Kier molecular flexibility index (Phi) is 7.47. The molecule has 2 atom stereocenters. The van der Waals surface area contributed by atoms with E-state index in [-0.39, 0.29) is 30.0 Å². The lowest BCUT2D eigenvalue weighted by atomic mass is 9.71. The average molecular weight is 508 g/mol. The van der Waals surface area contributed by atoms with E-state index in [1.807, 2.05) is 25.1 Å². The molecule has 0 radical (unpaired) electrons. The number of carbonyl (C=O) groups is 2. The lowest BCUT2D eigenvalue weighted by molar-refractivity contribution is -0.143. The molecule has 0 fully saturated rings. The largest absolute Gasteiger partial charge is 0.504 e. The molecule has 2 aliphatic rings. The fourth-order valence-electron chi connectivity index (χ4n) is 5.15. The number of esters is 1. The molecule has 0 amide bonds. The number of nitrogens with one attached hydrogen (secondary N) is 1. The molecule has 1 aliphatic heterocycles. The quantitative estimate of drug-likeness (QED) is 0.519. The number of allylic oxidation sites excluding steroid dienone is 3. The van der Waals surface area contributed by atoms with Crippen LogP contribution < -0.4 is 19.5 Å². The SMILES string of the molecule is COc1ccc([C@H]2C(C(=O)OC(C)C)=C(C)NC3=C2C(=O)C[C@H](c2ccc(OC)c(OC)c2)C3)cc1O. The number of phenolic OH excluding ortho intramolecular Hbond substituents is 1. The van der Waals surface area contributed by atoms with Crippen LogP contribution in [0, 0.1) is 0 Å². The Balaban J connectivity index is 1.79. The second-order valence-corrected chi connectivity index (χ2v) is 9.52. The molecule has 1 heterocycles. The average Bonchev–Trinajstić information content (AvgIpc) is 2.86. The summed E-state index contributed by atoms with van der Waals surface area (Å²) < 4.78 is 21.6. The molecule has 2 N–H and O–H groups in total. The molecule has 0 aromatic heterocycles. The number of aromatic hydroxyl groups is 1. The first-order valence-corrected chi connectivity index (χ1v) is 12.2. The van der Waals surface area contributed by atoms with E-state index in [0.717, 1.165) is 11.3 Å². The number of rotatable bonds is 7. The smallest absolute Gasteiger partial charge is 0.337 e. The van der Waals surface area contributed by atoms with Crippen molar-refractivity contribution in [3.63, 3.8) is 0 Å². The maximum absolute atomic E-state index is 13.8. The van der Waals surface area contributed by atoms with Crippen molar-refractivity contribution in [2.45, 2.75) is 51.6 Å². The lowest BCUT2D eigenvalue weighted by Crippen LogP contribution is -2.36. The summed E-state index contributed by atoms with van der Waals surface area (Å²) >= 11 is 0. The van der Waals surface area contributed by atoms with E-state index in [0.29, 0.717) is 46.1 Å². The Bertz CT molecular complexity index is 1290. The number of methoxy groups -OCH3 is 3. The lowest BCUT2D eigenvalue weighted by Gasteiger charge is -2.37. The summed E-state index contributed by atoms with van der Waals surface area (Å²) in [6.07, 6.45) is 0.503. The Morgan fingerprint density at radius 1 is 0.946 bits per heavy atom. The van der Waals surface area contributed by atoms with Gasteiger partial charge in [0.1, 0.15) is 0 Å². The van der Waals surface area contributed by atoms with Gasteiger partial charge in [-0.1, -0.05) is 12.1 Å². The van der Waals surface area contributed by atoms with E-state index in [1.54, 1.807) is 46.3 Å². The minimum Gasteiger partial charge on any atom is -0.504 e. The molecule has 196 valence electrons. The number of Topliss-reactive ketones (excluding diaryl/α,β-unsaturated/α-hetero) is 1. The van der Waals surface area contributed by atoms with Gasteiger partial charge in [-0.2, -0.15) is 0 Å². The summed E-state index contributed by atoms with van der Waals surface area (Å²) in [6.45, 7) is 5.37. The van der Waals surface area contributed by atoms with Crippen molar-refractivity contribution in [2.75, 3.05) is 21.3 Å². The Labute approximate surface area is 216 Å². The van der Waals surface area contributed by atoms with E-state index in [4.69, 9.17) is 18.9 Å². The topological polar surface area (TPSA) is 103 Å². The molecule has 0 spiro atoms. The van der Waals surface area contributed by atoms with Gasteiger partial charge in [0.25, 0.3) is 0 Å². The summed E-state index contributed by atoms with van der Waals surface area (Å²) in [5.41, 5.74) is 3.82. The predicted molar refractivity (Wildman–Crippen MR) is 138 cm³/mol. The zero-order chi connectivity index (χ0) is 26.9. The van der Waals surface area contributed by atoms with Gasteiger partial charge in [0.15, 0.2) is 28.8 Å². The number of hydrogen-bond acceptors (Lipinski definition) is 8.